The molecule has 1 N–H and O–H groups in total. The molecule has 0 spiro atoms. The molecule has 0 atom stereocenters. The van der Waals surface area contributed by atoms with Crippen LogP contribution in [0.15, 0.2) is 47.4 Å². The third kappa shape index (κ3) is 3.62. The van der Waals surface area contributed by atoms with Gasteiger partial charge in [0.2, 0.25) is 0 Å². The first-order valence-electron chi connectivity index (χ1n) is 7.75. The average Bonchev–Trinajstić information content (AvgIpc) is 2.92. The molecule has 0 aliphatic carbocycles. The number of nitrogens with zero attached hydrogens (tertiary/aromatic N) is 2. The maximum Gasteiger partial charge on any atom is 0.513 e. The molecule has 0 aliphatic rings. The molecule has 2 aromatic heterocycles. The number of hydrogen-bond acceptors (Lipinski definition) is 5. The van der Waals surface area contributed by atoms with Crippen molar-refractivity contribution in [1.82, 2.24) is 14.8 Å². The lowest BCUT2D eigenvalue weighted by molar-refractivity contribution is 0.121. The zero-order chi connectivity index (χ0) is 18.7. The summed E-state index contributed by atoms with van der Waals surface area (Å²) in [5, 5.41) is 3.62. The highest BCUT2D eigenvalue weighted by molar-refractivity contribution is 6.31. The van der Waals surface area contributed by atoms with E-state index >= 15 is 0 Å². The van der Waals surface area contributed by atoms with E-state index in [4.69, 9.17) is 16.3 Å². The molecule has 0 radical (unpaired) electrons. The van der Waals surface area contributed by atoms with E-state index in [-0.39, 0.29) is 11.3 Å². The summed E-state index contributed by atoms with van der Waals surface area (Å²) in [6, 6.07) is 10.5. The van der Waals surface area contributed by atoms with Gasteiger partial charge in [-0.1, -0.05) is 29.8 Å². The fourth-order valence-corrected chi connectivity index (χ4v) is 2.69. The van der Waals surface area contributed by atoms with Crippen molar-refractivity contribution in [1.29, 1.82) is 0 Å². The topological polar surface area (TPSA) is 86.2 Å². The summed E-state index contributed by atoms with van der Waals surface area (Å²) in [5.74, 6) is 0.592. The highest BCUT2D eigenvalue weighted by Crippen LogP contribution is 2.19. The number of halogens is 1. The van der Waals surface area contributed by atoms with Crippen LogP contribution in [-0.2, 0) is 11.2 Å². The van der Waals surface area contributed by atoms with Crippen molar-refractivity contribution in [3.63, 3.8) is 0 Å². The summed E-state index contributed by atoms with van der Waals surface area (Å²) in [6.07, 6.45) is 0.912. The molecule has 0 unspecified atom stereocenters. The number of nitrogens with one attached hydrogen (secondary N) is 1. The van der Waals surface area contributed by atoms with Crippen LogP contribution < -0.4 is 10.3 Å². The summed E-state index contributed by atoms with van der Waals surface area (Å²) in [5.41, 5.74) is 1.99. The van der Waals surface area contributed by atoms with Gasteiger partial charge in [0.05, 0.1) is 13.3 Å². The molecule has 0 saturated carbocycles. The number of ether oxygens (including phenoxy) is 2. The van der Waals surface area contributed by atoms with Gasteiger partial charge >= 0.3 is 6.16 Å². The zero-order valence-corrected chi connectivity index (χ0v) is 14.9. The Kier molecular flexibility index (Phi) is 5.09. The van der Waals surface area contributed by atoms with Gasteiger partial charge in [0, 0.05) is 22.7 Å². The zero-order valence-electron chi connectivity index (χ0n) is 14.2. The Morgan fingerprint density at radius 1 is 1.27 bits per heavy atom. The molecule has 0 fully saturated rings. The number of carbonyl (C=O) groups excluding carboxylic acids is 1. The lowest BCUT2D eigenvalue weighted by Gasteiger charge is -2.04. The molecule has 134 valence electrons. The molecule has 7 nitrogen and oxygen atoms in total. The predicted molar refractivity (Wildman–Crippen MR) is 96.2 cm³/mol. The number of pyridine rings is 1. The van der Waals surface area contributed by atoms with Crippen molar-refractivity contribution in [2.75, 3.05) is 7.11 Å². The molecule has 3 rings (SSSR count). The lowest BCUT2D eigenvalue weighted by atomic mass is 10.1. The predicted octanol–water partition coefficient (Wildman–Crippen LogP) is 3.26. The number of aryl methyl sites for hydroxylation is 1. The van der Waals surface area contributed by atoms with Crippen molar-refractivity contribution < 1.29 is 14.3 Å². The third-order valence-corrected chi connectivity index (χ3v) is 4.20. The van der Waals surface area contributed by atoms with Crippen molar-refractivity contribution in [2.45, 2.75) is 13.3 Å². The molecular weight excluding hydrogens is 358 g/mol. The lowest BCUT2D eigenvalue weighted by Crippen LogP contribution is -2.18. The highest BCUT2D eigenvalue weighted by atomic mass is 35.5. The molecule has 3 aromatic rings. The number of aromatic amines is 1. The van der Waals surface area contributed by atoms with Crippen LogP contribution >= 0.6 is 11.6 Å². The molecule has 0 amide bonds. The number of aromatic nitrogens is 3. The Hall–Kier alpha value is -3.06. The summed E-state index contributed by atoms with van der Waals surface area (Å²) < 4.78 is 10.6. The molecule has 8 heteroatoms. The highest BCUT2D eigenvalue weighted by Gasteiger charge is 2.15. The number of carbonyl (C=O) groups is 1. The van der Waals surface area contributed by atoms with Crippen LogP contribution in [0.25, 0.3) is 5.82 Å². The van der Waals surface area contributed by atoms with Gasteiger partial charge in [-0.2, -0.15) is 0 Å². The number of methoxy groups -OCH3 is 1. The number of hydrogen-bond donors (Lipinski definition) is 1. The fraction of sp³-hybridized carbons (Fsp3) is 0.167. The van der Waals surface area contributed by atoms with Crippen molar-refractivity contribution in [3.8, 4) is 11.6 Å². The third-order valence-electron chi connectivity index (χ3n) is 3.84. The number of benzene rings is 1. The minimum absolute atomic E-state index is 0.212. The van der Waals surface area contributed by atoms with Crippen LogP contribution in [0.3, 0.4) is 0 Å². The van der Waals surface area contributed by atoms with Crippen LogP contribution in [0.1, 0.15) is 16.8 Å². The normalized spacial score (nSPS) is 10.6. The van der Waals surface area contributed by atoms with Gasteiger partial charge in [-0.25, -0.2) is 14.5 Å². The first-order valence-corrected chi connectivity index (χ1v) is 8.13. The van der Waals surface area contributed by atoms with Crippen LogP contribution in [0, 0.1) is 6.92 Å². The van der Waals surface area contributed by atoms with Gasteiger partial charge < -0.3 is 9.47 Å². The minimum atomic E-state index is -0.838. The maximum atomic E-state index is 12.8. The Bertz CT molecular complexity index is 992. The first-order chi connectivity index (χ1) is 12.5. The van der Waals surface area contributed by atoms with Gasteiger partial charge in [0.25, 0.3) is 5.56 Å². The molecule has 0 saturated heterocycles. The molecule has 1 aromatic carbocycles. The number of rotatable bonds is 4. The average molecular weight is 374 g/mol. The van der Waals surface area contributed by atoms with Crippen molar-refractivity contribution in [3.05, 3.63) is 74.8 Å². The second-order valence-electron chi connectivity index (χ2n) is 5.53. The molecule has 26 heavy (non-hydrogen) atoms. The molecule has 0 bridgehead atoms. The van der Waals surface area contributed by atoms with Gasteiger partial charge in [0.1, 0.15) is 0 Å². The monoisotopic (exact) mass is 373 g/mol. The number of H-pyrrole nitrogens is 1. The minimum Gasteiger partial charge on any atom is -0.437 e. The molecular formula is C18H16ClN3O4. The van der Waals surface area contributed by atoms with Gasteiger partial charge in [-0.05, 0) is 30.7 Å². The van der Waals surface area contributed by atoms with Crippen LogP contribution in [0.4, 0.5) is 4.79 Å². The van der Waals surface area contributed by atoms with E-state index in [1.807, 2.05) is 25.1 Å². The van der Waals surface area contributed by atoms with E-state index in [1.165, 1.54) is 24.1 Å². The van der Waals surface area contributed by atoms with Gasteiger partial charge in [-0.15, -0.1) is 0 Å². The SMILES string of the molecule is COC(=O)Oc1ccc(-n2[nH]c(C)c(Cc3ccccc3Cl)c2=O)nc1. The van der Waals surface area contributed by atoms with E-state index in [9.17, 15) is 9.59 Å². The standard InChI is InChI=1S/C18H16ClN3O4/c1-11-14(9-12-5-3-4-6-15(12)19)17(23)22(21-11)16-8-7-13(10-20-16)26-18(24)25-2/h3-8,10,21H,9H2,1-2H3. The Labute approximate surface area is 154 Å². The van der Waals surface area contributed by atoms with E-state index in [2.05, 4.69) is 14.8 Å². The Morgan fingerprint density at radius 2 is 2.04 bits per heavy atom. The summed E-state index contributed by atoms with van der Waals surface area (Å²) in [6.45, 7) is 1.82. The van der Waals surface area contributed by atoms with Crippen LogP contribution in [0.5, 0.6) is 5.75 Å². The van der Waals surface area contributed by atoms with Crippen LogP contribution in [-0.4, -0.2) is 28.0 Å². The van der Waals surface area contributed by atoms with E-state index in [0.29, 0.717) is 22.8 Å². The molecule has 2 heterocycles. The van der Waals surface area contributed by atoms with Gasteiger partial charge in [-0.3, -0.25) is 9.89 Å². The quantitative estimate of drug-likeness (QED) is 0.709. The maximum absolute atomic E-state index is 12.8. The van der Waals surface area contributed by atoms with E-state index in [1.54, 1.807) is 12.1 Å². The summed E-state index contributed by atoms with van der Waals surface area (Å²) >= 11 is 6.19. The molecule has 0 aliphatic heterocycles. The van der Waals surface area contributed by atoms with E-state index in [0.717, 1.165) is 11.3 Å². The first kappa shape index (κ1) is 17.8. The summed E-state index contributed by atoms with van der Waals surface area (Å²) in [7, 11) is 1.21. The van der Waals surface area contributed by atoms with E-state index < -0.39 is 6.16 Å². The van der Waals surface area contributed by atoms with Gasteiger partial charge in [0.15, 0.2) is 11.6 Å². The second-order valence-corrected chi connectivity index (χ2v) is 5.94. The fourth-order valence-electron chi connectivity index (χ4n) is 2.49. The summed E-state index contributed by atoms with van der Waals surface area (Å²) in [4.78, 5) is 28.0. The largest absolute Gasteiger partial charge is 0.513 e. The van der Waals surface area contributed by atoms with Crippen molar-refractivity contribution >= 4 is 17.8 Å². The second kappa shape index (κ2) is 7.45. The smallest absolute Gasteiger partial charge is 0.437 e. The Balaban J connectivity index is 1.89. The Morgan fingerprint density at radius 3 is 2.69 bits per heavy atom. The van der Waals surface area contributed by atoms with Crippen LogP contribution in [0.2, 0.25) is 5.02 Å². The van der Waals surface area contributed by atoms with Crippen molar-refractivity contribution in [2.24, 2.45) is 0 Å².